The Morgan fingerprint density at radius 2 is 2.29 bits per heavy atom. The average molecular weight is 186 g/mol. The monoisotopic (exact) mass is 186 g/mol. The quantitative estimate of drug-likeness (QED) is 0.602. The van der Waals surface area contributed by atoms with E-state index in [0.717, 1.165) is 16.9 Å². The number of H-pyrrole nitrogens is 1. The lowest BCUT2D eigenvalue weighted by Crippen LogP contribution is -1.94. The maximum atomic E-state index is 4.19. The van der Waals surface area contributed by atoms with Gasteiger partial charge in [0, 0.05) is 0 Å². The van der Waals surface area contributed by atoms with Crippen molar-refractivity contribution in [3.8, 4) is 5.69 Å². The molecule has 0 saturated carbocycles. The smallest absolute Gasteiger partial charge is 0.157 e. The van der Waals surface area contributed by atoms with Gasteiger partial charge in [-0.05, 0) is 6.07 Å². The average Bonchev–Trinajstić information content (AvgIpc) is 2.88. The Kier molecular flexibility index (Phi) is 1.35. The minimum Gasteiger partial charge on any atom is -0.329 e. The zero-order chi connectivity index (χ0) is 9.38. The van der Waals surface area contributed by atoms with Gasteiger partial charge >= 0.3 is 0 Å². The lowest BCUT2D eigenvalue weighted by atomic mass is 10.4. The molecule has 0 radical (unpaired) electrons. The minimum absolute atomic E-state index is 0.772. The first kappa shape index (κ1) is 7.19. The van der Waals surface area contributed by atoms with Gasteiger partial charge in [-0.25, -0.2) is 19.6 Å². The van der Waals surface area contributed by atoms with Gasteiger partial charge in [0.15, 0.2) is 5.65 Å². The molecule has 3 aromatic heterocycles. The van der Waals surface area contributed by atoms with Crippen molar-refractivity contribution in [2.45, 2.75) is 0 Å². The fourth-order valence-corrected chi connectivity index (χ4v) is 1.28. The predicted octanol–water partition coefficient (Wildman–Crippen LogP) is 0.539. The molecule has 3 heterocycles. The molecule has 6 heteroatoms. The summed E-state index contributed by atoms with van der Waals surface area (Å²) in [6.45, 7) is 0. The van der Waals surface area contributed by atoms with Crippen LogP contribution in [0.25, 0.3) is 16.9 Å². The van der Waals surface area contributed by atoms with Gasteiger partial charge in [-0.15, -0.1) is 0 Å². The molecule has 0 aliphatic heterocycles. The zero-order valence-electron chi connectivity index (χ0n) is 7.12. The third kappa shape index (κ3) is 0.972. The molecule has 0 amide bonds. The van der Waals surface area contributed by atoms with Crippen LogP contribution in [0.1, 0.15) is 0 Å². The Morgan fingerprint density at radius 3 is 3.14 bits per heavy atom. The van der Waals surface area contributed by atoms with Gasteiger partial charge in [-0.3, -0.25) is 0 Å². The summed E-state index contributed by atoms with van der Waals surface area (Å²) >= 11 is 0. The number of fused-ring (bicyclic) bond motifs is 1. The number of nitrogens with one attached hydrogen (secondary N) is 1. The van der Waals surface area contributed by atoms with Crippen LogP contribution in [0.5, 0.6) is 0 Å². The summed E-state index contributed by atoms with van der Waals surface area (Å²) in [6.07, 6.45) is 6.43. The summed E-state index contributed by atoms with van der Waals surface area (Å²) in [5, 5.41) is 4.01. The zero-order valence-corrected chi connectivity index (χ0v) is 7.12. The molecule has 0 aliphatic rings. The fourth-order valence-electron chi connectivity index (χ4n) is 1.28. The van der Waals surface area contributed by atoms with Crippen molar-refractivity contribution < 1.29 is 0 Å². The SMILES string of the molecule is c1ncn(-c2cnc3[nH]cnc3c2)n1. The van der Waals surface area contributed by atoms with Gasteiger partial charge in [0.1, 0.15) is 18.2 Å². The second-order valence-electron chi connectivity index (χ2n) is 2.80. The third-order valence-corrected chi connectivity index (χ3v) is 1.94. The Balaban J connectivity index is 2.23. The van der Waals surface area contributed by atoms with Gasteiger partial charge in [-0.2, -0.15) is 5.10 Å². The van der Waals surface area contributed by atoms with Crippen molar-refractivity contribution in [1.29, 1.82) is 0 Å². The van der Waals surface area contributed by atoms with Crippen LogP contribution < -0.4 is 0 Å². The molecule has 0 saturated heterocycles. The molecule has 0 spiro atoms. The second-order valence-corrected chi connectivity index (χ2v) is 2.80. The number of aromatic nitrogens is 6. The number of hydrogen-bond donors (Lipinski definition) is 1. The van der Waals surface area contributed by atoms with E-state index in [1.165, 1.54) is 6.33 Å². The van der Waals surface area contributed by atoms with Gasteiger partial charge in [0.05, 0.1) is 18.2 Å². The van der Waals surface area contributed by atoms with Gasteiger partial charge < -0.3 is 4.98 Å². The molecule has 0 fully saturated rings. The third-order valence-electron chi connectivity index (χ3n) is 1.94. The van der Waals surface area contributed by atoms with Gasteiger partial charge in [0.2, 0.25) is 0 Å². The molecule has 0 aromatic carbocycles. The number of hydrogen-bond acceptors (Lipinski definition) is 4. The number of aromatic amines is 1. The maximum Gasteiger partial charge on any atom is 0.157 e. The van der Waals surface area contributed by atoms with Crippen molar-refractivity contribution in [2.24, 2.45) is 0 Å². The maximum absolute atomic E-state index is 4.19. The van der Waals surface area contributed by atoms with Crippen LogP contribution in [-0.4, -0.2) is 29.7 Å². The normalized spacial score (nSPS) is 10.9. The van der Waals surface area contributed by atoms with Crippen LogP contribution in [0.4, 0.5) is 0 Å². The van der Waals surface area contributed by atoms with E-state index in [1.54, 1.807) is 23.5 Å². The molecular weight excluding hydrogens is 180 g/mol. The first-order chi connectivity index (χ1) is 6.93. The summed E-state index contributed by atoms with van der Waals surface area (Å²) in [5.74, 6) is 0. The van der Waals surface area contributed by atoms with E-state index in [-0.39, 0.29) is 0 Å². The van der Waals surface area contributed by atoms with Crippen molar-refractivity contribution in [3.63, 3.8) is 0 Å². The van der Waals surface area contributed by atoms with Crippen LogP contribution >= 0.6 is 0 Å². The molecular formula is C8H6N6. The number of pyridine rings is 1. The summed E-state index contributed by atoms with van der Waals surface area (Å²) in [5.41, 5.74) is 2.44. The summed E-state index contributed by atoms with van der Waals surface area (Å²) in [7, 11) is 0. The van der Waals surface area contributed by atoms with Crippen molar-refractivity contribution in [1.82, 2.24) is 29.7 Å². The second kappa shape index (κ2) is 2.63. The Labute approximate surface area is 78.6 Å². The number of imidazole rings is 1. The van der Waals surface area contributed by atoms with Crippen LogP contribution in [0.3, 0.4) is 0 Å². The molecule has 14 heavy (non-hydrogen) atoms. The first-order valence-corrected chi connectivity index (χ1v) is 4.07. The topological polar surface area (TPSA) is 72.3 Å². The number of rotatable bonds is 1. The van der Waals surface area contributed by atoms with E-state index in [9.17, 15) is 0 Å². The van der Waals surface area contributed by atoms with Crippen molar-refractivity contribution >= 4 is 11.2 Å². The van der Waals surface area contributed by atoms with Crippen LogP contribution in [-0.2, 0) is 0 Å². The molecule has 0 unspecified atom stereocenters. The van der Waals surface area contributed by atoms with Gasteiger partial charge in [0.25, 0.3) is 0 Å². The highest BCUT2D eigenvalue weighted by atomic mass is 15.3. The highest BCUT2D eigenvalue weighted by Gasteiger charge is 2.01. The molecule has 6 nitrogen and oxygen atoms in total. The molecule has 3 aromatic rings. The molecule has 3 rings (SSSR count). The summed E-state index contributed by atoms with van der Waals surface area (Å²) in [4.78, 5) is 15.1. The lowest BCUT2D eigenvalue weighted by Gasteiger charge is -1.97. The van der Waals surface area contributed by atoms with Gasteiger partial charge in [-0.1, -0.05) is 0 Å². The number of nitrogens with zero attached hydrogens (tertiary/aromatic N) is 5. The van der Waals surface area contributed by atoms with Crippen molar-refractivity contribution in [3.05, 3.63) is 31.2 Å². The van der Waals surface area contributed by atoms with E-state index in [1.807, 2.05) is 6.07 Å². The van der Waals surface area contributed by atoms with Crippen LogP contribution in [0, 0.1) is 0 Å². The highest BCUT2D eigenvalue weighted by Crippen LogP contribution is 2.10. The largest absolute Gasteiger partial charge is 0.329 e. The Morgan fingerprint density at radius 1 is 1.29 bits per heavy atom. The van der Waals surface area contributed by atoms with Crippen LogP contribution in [0.15, 0.2) is 31.2 Å². The molecule has 0 bridgehead atoms. The van der Waals surface area contributed by atoms with E-state index < -0.39 is 0 Å². The Hall–Kier alpha value is -2.24. The van der Waals surface area contributed by atoms with Crippen LogP contribution in [0.2, 0.25) is 0 Å². The lowest BCUT2D eigenvalue weighted by molar-refractivity contribution is 0.875. The van der Waals surface area contributed by atoms with E-state index >= 15 is 0 Å². The first-order valence-electron chi connectivity index (χ1n) is 4.07. The van der Waals surface area contributed by atoms with E-state index in [0.29, 0.717) is 0 Å². The van der Waals surface area contributed by atoms with Crippen molar-refractivity contribution in [2.75, 3.05) is 0 Å². The van der Waals surface area contributed by atoms with E-state index in [2.05, 4.69) is 25.0 Å². The Bertz CT molecular complexity index is 552. The summed E-state index contributed by atoms with van der Waals surface area (Å²) in [6, 6.07) is 1.90. The standard InChI is InChI=1S/C8H6N6/c1-6(14-5-9-3-13-14)2-10-8-7(1)11-4-12-8/h1-5H,(H,10,11,12). The highest BCUT2D eigenvalue weighted by molar-refractivity contribution is 5.71. The van der Waals surface area contributed by atoms with E-state index in [4.69, 9.17) is 0 Å². The molecule has 68 valence electrons. The fraction of sp³-hybridized carbons (Fsp3) is 0. The minimum atomic E-state index is 0.772. The predicted molar refractivity (Wildman–Crippen MR) is 48.8 cm³/mol. The molecule has 0 atom stereocenters. The summed E-state index contributed by atoms with van der Waals surface area (Å²) < 4.78 is 1.64. The molecule has 0 aliphatic carbocycles. The molecule has 1 N–H and O–H groups in total.